The van der Waals surface area contributed by atoms with Gasteiger partial charge in [-0.05, 0) is 32.9 Å². The highest BCUT2D eigenvalue weighted by Crippen LogP contribution is 2.29. The molecule has 2 aromatic rings. The third-order valence-corrected chi connectivity index (χ3v) is 3.48. The average Bonchev–Trinajstić information content (AvgIpc) is 2.50. The zero-order chi connectivity index (χ0) is 16.1. The van der Waals surface area contributed by atoms with Crippen LogP contribution in [0.15, 0.2) is 36.8 Å². The van der Waals surface area contributed by atoms with E-state index >= 15 is 0 Å². The average molecular weight is 320 g/mol. The number of halogens is 1. The summed E-state index contributed by atoms with van der Waals surface area (Å²) in [6.45, 7) is 6.53. The summed E-state index contributed by atoms with van der Waals surface area (Å²) in [4.78, 5) is 22.2. The molecule has 0 aliphatic heterocycles. The van der Waals surface area contributed by atoms with E-state index in [1.165, 1.54) is 12.5 Å². The number of carbonyl (C=O) groups excluding carboxylic acids is 1. The summed E-state index contributed by atoms with van der Waals surface area (Å²) in [5.74, 6) is 0.668. The molecule has 0 saturated carbocycles. The Morgan fingerprint density at radius 1 is 1.32 bits per heavy atom. The summed E-state index contributed by atoms with van der Waals surface area (Å²) < 4.78 is 5.73. The van der Waals surface area contributed by atoms with E-state index in [9.17, 15) is 4.79 Å². The van der Waals surface area contributed by atoms with E-state index in [4.69, 9.17) is 16.3 Å². The first-order valence-electron chi connectivity index (χ1n) is 7.08. The number of ether oxygens (including phenoxy) is 1. The number of rotatable bonds is 5. The van der Waals surface area contributed by atoms with Gasteiger partial charge >= 0.3 is 0 Å². The summed E-state index contributed by atoms with van der Waals surface area (Å²) in [6, 6.07) is 7.17. The molecule has 0 N–H and O–H groups in total. The fourth-order valence-corrected chi connectivity index (χ4v) is 2.25. The maximum Gasteiger partial charge on any atom is 0.257 e. The van der Waals surface area contributed by atoms with Gasteiger partial charge in [-0.25, -0.2) is 9.97 Å². The van der Waals surface area contributed by atoms with Gasteiger partial charge in [0, 0.05) is 12.6 Å². The van der Waals surface area contributed by atoms with Crippen LogP contribution in [-0.2, 0) is 0 Å². The van der Waals surface area contributed by atoms with Gasteiger partial charge in [0.1, 0.15) is 12.1 Å². The molecule has 0 aliphatic rings. The van der Waals surface area contributed by atoms with Crippen molar-refractivity contribution in [2.45, 2.75) is 26.8 Å². The van der Waals surface area contributed by atoms with E-state index in [0.717, 1.165) is 0 Å². The van der Waals surface area contributed by atoms with Crippen LogP contribution in [0.1, 0.15) is 31.1 Å². The first-order valence-corrected chi connectivity index (χ1v) is 7.45. The normalized spacial score (nSPS) is 10.6. The number of hydrogen-bond acceptors (Lipinski definition) is 4. The van der Waals surface area contributed by atoms with Gasteiger partial charge in [-0.1, -0.05) is 23.7 Å². The molecule has 1 aromatic heterocycles. The minimum Gasteiger partial charge on any atom is -0.452 e. The minimum absolute atomic E-state index is 0.0823. The van der Waals surface area contributed by atoms with Crippen molar-refractivity contribution in [3.05, 3.63) is 47.5 Å². The summed E-state index contributed by atoms with van der Waals surface area (Å²) in [7, 11) is 0. The largest absolute Gasteiger partial charge is 0.452 e. The SMILES string of the molecule is CCN(C(=O)c1ccccc1Oc1cncnc1Cl)C(C)C. The maximum absolute atomic E-state index is 12.7. The first kappa shape index (κ1) is 16.2. The molecule has 0 aliphatic carbocycles. The summed E-state index contributed by atoms with van der Waals surface area (Å²) in [6.07, 6.45) is 2.81. The van der Waals surface area contributed by atoms with Crippen LogP contribution in [0.25, 0.3) is 0 Å². The molecule has 1 amide bonds. The van der Waals surface area contributed by atoms with E-state index in [1.54, 1.807) is 29.2 Å². The highest BCUT2D eigenvalue weighted by molar-refractivity contribution is 6.30. The van der Waals surface area contributed by atoms with Crippen LogP contribution in [0.5, 0.6) is 11.5 Å². The van der Waals surface area contributed by atoms with Gasteiger partial charge in [0.15, 0.2) is 10.9 Å². The molecule has 0 unspecified atom stereocenters. The van der Waals surface area contributed by atoms with Gasteiger partial charge in [-0.2, -0.15) is 0 Å². The van der Waals surface area contributed by atoms with Crippen molar-refractivity contribution in [3.8, 4) is 11.5 Å². The van der Waals surface area contributed by atoms with Crippen molar-refractivity contribution in [2.24, 2.45) is 0 Å². The quantitative estimate of drug-likeness (QED) is 0.787. The molecule has 0 fully saturated rings. The van der Waals surface area contributed by atoms with Crippen LogP contribution in [0.4, 0.5) is 0 Å². The van der Waals surface area contributed by atoms with E-state index < -0.39 is 0 Å². The molecule has 5 nitrogen and oxygen atoms in total. The van der Waals surface area contributed by atoms with E-state index in [-0.39, 0.29) is 17.1 Å². The smallest absolute Gasteiger partial charge is 0.257 e. The van der Waals surface area contributed by atoms with Crippen molar-refractivity contribution in [2.75, 3.05) is 6.54 Å². The fourth-order valence-electron chi connectivity index (χ4n) is 2.12. The Balaban J connectivity index is 2.35. The summed E-state index contributed by atoms with van der Waals surface area (Å²) >= 11 is 5.97. The maximum atomic E-state index is 12.7. The zero-order valence-corrected chi connectivity index (χ0v) is 13.5. The van der Waals surface area contributed by atoms with Crippen molar-refractivity contribution < 1.29 is 9.53 Å². The molecule has 0 spiro atoms. The molecule has 0 atom stereocenters. The zero-order valence-electron chi connectivity index (χ0n) is 12.8. The Morgan fingerprint density at radius 3 is 2.68 bits per heavy atom. The fraction of sp³-hybridized carbons (Fsp3) is 0.312. The molecule has 0 bridgehead atoms. The van der Waals surface area contributed by atoms with Gasteiger partial charge in [-0.3, -0.25) is 4.79 Å². The first-order chi connectivity index (χ1) is 10.5. The van der Waals surface area contributed by atoms with Gasteiger partial charge in [0.05, 0.1) is 11.8 Å². The lowest BCUT2D eigenvalue weighted by Crippen LogP contribution is -2.36. The van der Waals surface area contributed by atoms with E-state index in [1.807, 2.05) is 20.8 Å². The van der Waals surface area contributed by atoms with Gasteiger partial charge in [0.2, 0.25) is 0 Å². The molecule has 22 heavy (non-hydrogen) atoms. The van der Waals surface area contributed by atoms with Crippen LogP contribution in [0, 0.1) is 0 Å². The van der Waals surface area contributed by atoms with E-state index in [2.05, 4.69) is 9.97 Å². The predicted octanol–water partition coefficient (Wildman–Crippen LogP) is 3.79. The third kappa shape index (κ3) is 3.54. The third-order valence-electron chi connectivity index (χ3n) is 3.20. The Kier molecular flexibility index (Phi) is 5.33. The number of carbonyl (C=O) groups is 1. The van der Waals surface area contributed by atoms with Crippen LogP contribution in [-0.4, -0.2) is 33.4 Å². The summed E-state index contributed by atoms with van der Waals surface area (Å²) in [5.41, 5.74) is 0.484. The monoisotopic (exact) mass is 319 g/mol. The number of aromatic nitrogens is 2. The molecule has 116 valence electrons. The lowest BCUT2D eigenvalue weighted by Gasteiger charge is -2.26. The molecular formula is C16H18ClN3O2. The molecule has 6 heteroatoms. The number of hydrogen-bond donors (Lipinski definition) is 0. The van der Waals surface area contributed by atoms with Crippen molar-refractivity contribution >= 4 is 17.5 Å². The number of benzene rings is 1. The number of amides is 1. The van der Waals surface area contributed by atoms with Gasteiger partial charge in [0.25, 0.3) is 5.91 Å². The van der Waals surface area contributed by atoms with Crippen molar-refractivity contribution in [1.82, 2.24) is 14.9 Å². The second-order valence-electron chi connectivity index (χ2n) is 4.96. The molecule has 2 rings (SSSR count). The Morgan fingerprint density at radius 2 is 2.05 bits per heavy atom. The Hall–Kier alpha value is -2.14. The van der Waals surface area contributed by atoms with Crippen LogP contribution in [0.2, 0.25) is 5.15 Å². The highest BCUT2D eigenvalue weighted by Gasteiger charge is 2.21. The van der Waals surface area contributed by atoms with Gasteiger partial charge in [-0.15, -0.1) is 0 Å². The molecular weight excluding hydrogens is 302 g/mol. The van der Waals surface area contributed by atoms with Gasteiger partial charge < -0.3 is 9.64 Å². The lowest BCUT2D eigenvalue weighted by molar-refractivity contribution is 0.0714. The standard InChI is InChI=1S/C16H18ClN3O2/c1-4-20(11(2)3)16(21)12-7-5-6-8-13(12)22-14-9-18-10-19-15(14)17/h5-11H,4H2,1-3H3. The highest BCUT2D eigenvalue weighted by atomic mass is 35.5. The topological polar surface area (TPSA) is 55.3 Å². The van der Waals surface area contributed by atoms with Crippen molar-refractivity contribution in [1.29, 1.82) is 0 Å². The number of nitrogens with zero attached hydrogens (tertiary/aromatic N) is 3. The van der Waals surface area contributed by atoms with Crippen LogP contribution >= 0.6 is 11.6 Å². The van der Waals surface area contributed by atoms with Crippen LogP contribution in [0.3, 0.4) is 0 Å². The Bertz CT molecular complexity index is 661. The van der Waals surface area contributed by atoms with Crippen molar-refractivity contribution in [3.63, 3.8) is 0 Å². The minimum atomic E-state index is -0.0823. The second kappa shape index (κ2) is 7.22. The Labute approximate surface area is 134 Å². The molecule has 0 saturated heterocycles. The lowest BCUT2D eigenvalue weighted by atomic mass is 10.1. The molecule has 1 heterocycles. The van der Waals surface area contributed by atoms with E-state index in [0.29, 0.717) is 23.6 Å². The second-order valence-corrected chi connectivity index (χ2v) is 5.32. The molecule has 0 radical (unpaired) electrons. The summed E-state index contributed by atoms with van der Waals surface area (Å²) in [5, 5.41) is 0.202. The van der Waals surface area contributed by atoms with Crippen LogP contribution < -0.4 is 4.74 Å². The predicted molar refractivity (Wildman–Crippen MR) is 85.4 cm³/mol. The number of para-hydroxylation sites is 1. The molecule has 1 aromatic carbocycles.